The van der Waals surface area contributed by atoms with Gasteiger partial charge in [0.2, 0.25) is 0 Å². The van der Waals surface area contributed by atoms with Crippen LogP contribution in [0.3, 0.4) is 0 Å². The fourth-order valence-electron chi connectivity index (χ4n) is 7.31. The van der Waals surface area contributed by atoms with Gasteiger partial charge in [0.05, 0.1) is 0 Å². The van der Waals surface area contributed by atoms with E-state index in [9.17, 15) is 0 Å². The summed E-state index contributed by atoms with van der Waals surface area (Å²) in [5.74, 6) is 0.690. The second-order valence-corrected chi connectivity index (χ2v) is 29.1. The van der Waals surface area contributed by atoms with Crippen molar-refractivity contribution in [3.8, 4) is 0 Å². The summed E-state index contributed by atoms with van der Waals surface area (Å²) in [6, 6.07) is 5.22. The molecular weight excluding hydrogens is 515 g/mol. The molecule has 4 rings (SSSR count). The maximum atomic E-state index is 2.78. The predicted octanol–water partition coefficient (Wildman–Crippen LogP) is 8.56. The number of aryl methyl sites for hydroxylation is 2. The molecule has 0 spiro atoms. The molecule has 0 N–H and O–H groups in total. The Morgan fingerprint density at radius 2 is 1.52 bits per heavy atom. The van der Waals surface area contributed by atoms with Crippen molar-refractivity contribution in [3.05, 3.63) is 62.8 Å². The Morgan fingerprint density at radius 3 is 2.07 bits per heavy atom. The average molecular weight is 555 g/mol. The fourth-order valence-corrected chi connectivity index (χ4v) is 28.5. The van der Waals surface area contributed by atoms with Gasteiger partial charge in [0.15, 0.2) is 0 Å². The molecular formula is C28H40Hf. The van der Waals surface area contributed by atoms with Crippen LogP contribution in [0.2, 0.25) is 12.5 Å². The van der Waals surface area contributed by atoms with Gasteiger partial charge in [-0.15, -0.1) is 0 Å². The summed E-state index contributed by atoms with van der Waals surface area (Å²) in [7, 11) is 0. The molecule has 2 atom stereocenters. The minimum absolute atomic E-state index is 0.275. The van der Waals surface area contributed by atoms with Crippen molar-refractivity contribution < 1.29 is 20.0 Å². The van der Waals surface area contributed by atoms with Crippen LogP contribution in [0.4, 0.5) is 0 Å². The first-order valence-electron chi connectivity index (χ1n) is 11.8. The van der Waals surface area contributed by atoms with Crippen molar-refractivity contribution in [2.45, 2.75) is 89.9 Å². The van der Waals surface area contributed by atoms with Gasteiger partial charge in [0.25, 0.3) is 0 Å². The molecule has 3 aliphatic carbocycles. The molecule has 0 radical (unpaired) electrons. The van der Waals surface area contributed by atoms with Crippen molar-refractivity contribution in [1.29, 1.82) is 0 Å². The van der Waals surface area contributed by atoms with E-state index < -0.39 is 20.0 Å². The van der Waals surface area contributed by atoms with Crippen molar-refractivity contribution >= 4 is 6.08 Å². The molecule has 1 aromatic rings. The van der Waals surface area contributed by atoms with E-state index in [-0.39, 0.29) is 6.34 Å². The molecule has 3 aliphatic rings. The summed E-state index contributed by atoms with van der Waals surface area (Å²) < 4.78 is 6.13. The summed E-state index contributed by atoms with van der Waals surface area (Å²) in [6.45, 7) is 17.2. The number of fused-ring (bicyclic) bond motifs is 2. The number of allylic oxidation sites excluding steroid dienone is 5. The standard InChI is InChI=1S/C16H19.C10H15.2CH3.Hf/c1-3-11(2)15-8-7-14-9-12-5-4-6-13(12)10-16(14)15;1-6-7(2)9(4)10(5)8(6)3;;;/h7-11H,3-6H2,1-2H3;1-5H3;2*1H3;. The first-order valence-corrected chi connectivity index (χ1v) is 22.5. The van der Waals surface area contributed by atoms with Crippen LogP contribution >= 0.6 is 0 Å². The zero-order valence-electron chi connectivity index (χ0n) is 20.2. The van der Waals surface area contributed by atoms with E-state index >= 15 is 0 Å². The molecule has 0 bridgehead atoms. The van der Waals surface area contributed by atoms with Gasteiger partial charge in [0, 0.05) is 0 Å². The van der Waals surface area contributed by atoms with E-state index in [0.717, 1.165) is 0 Å². The Labute approximate surface area is 183 Å². The van der Waals surface area contributed by atoms with Crippen molar-refractivity contribution in [3.63, 3.8) is 0 Å². The van der Waals surface area contributed by atoms with E-state index in [1.807, 2.05) is 0 Å². The average Bonchev–Trinajstić information content (AvgIpc) is 3.35. The van der Waals surface area contributed by atoms with Crippen molar-refractivity contribution in [1.82, 2.24) is 0 Å². The normalized spacial score (nSPS) is 26.4. The Kier molecular flexibility index (Phi) is 5.13. The van der Waals surface area contributed by atoms with Crippen LogP contribution in [0.25, 0.3) is 6.08 Å². The third kappa shape index (κ3) is 2.52. The Morgan fingerprint density at radius 1 is 0.966 bits per heavy atom. The van der Waals surface area contributed by atoms with Crippen LogP contribution in [0, 0.1) is 5.92 Å². The summed E-state index contributed by atoms with van der Waals surface area (Å²) in [4.78, 5) is 0. The second kappa shape index (κ2) is 6.91. The monoisotopic (exact) mass is 556 g/mol. The molecule has 2 unspecified atom stereocenters. The Balaban J connectivity index is 2.00. The third-order valence-corrected chi connectivity index (χ3v) is 32.5. The van der Waals surface area contributed by atoms with Crippen LogP contribution in [0.5, 0.6) is 0 Å². The molecule has 0 aliphatic heterocycles. The first-order chi connectivity index (χ1) is 13.5. The van der Waals surface area contributed by atoms with E-state index in [0.29, 0.717) is 5.92 Å². The van der Waals surface area contributed by atoms with Gasteiger partial charge in [-0.2, -0.15) is 0 Å². The Bertz CT molecular complexity index is 944. The van der Waals surface area contributed by atoms with Crippen LogP contribution < -0.4 is 0 Å². The van der Waals surface area contributed by atoms with Crippen LogP contribution in [0.1, 0.15) is 83.6 Å². The van der Waals surface area contributed by atoms with E-state index in [1.54, 1.807) is 39.0 Å². The summed E-state index contributed by atoms with van der Waals surface area (Å²) in [5, 5.41) is 0. The topological polar surface area (TPSA) is 0 Å². The summed E-state index contributed by atoms with van der Waals surface area (Å²) in [5.41, 5.74) is 13.0. The number of hydrogen-bond acceptors (Lipinski definition) is 0. The predicted molar refractivity (Wildman–Crippen MR) is 125 cm³/mol. The van der Waals surface area contributed by atoms with E-state index in [4.69, 9.17) is 0 Å². The Hall–Kier alpha value is -0.690. The van der Waals surface area contributed by atoms with Gasteiger partial charge < -0.3 is 0 Å². The van der Waals surface area contributed by atoms with Gasteiger partial charge in [-0.3, -0.25) is 0 Å². The molecule has 29 heavy (non-hydrogen) atoms. The maximum absolute atomic E-state index is 3.07. The zero-order valence-corrected chi connectivity index (χ0v) is 23.8. The quantitative estimate of drug-likeness (QED) is 0.327. The van der Waals surface area contributed by atoms with E-state index in [2.05, 4.69) is 82.1 Å². The van der Waals surface area contributed by atoms with Gasteiger partial charge in [-0.25, -0.2) is 0 Å². The molecule has 0 amide bonds. The number of rotatable bonds is 4. The van der Waals surface area contributed by atoms with Crippen molar-refractivity contribution in [2.75, 3.05) is 0 Å². The molecule has 0 heterocycles. The van der Waals surface area contributed by atoms with Crippen molar-refractivity contribution in [2.24, 2.45) is 5.92 Å². The molecule has 1 heteroatoms. The minimum atomic E-state index is -3.07. The van der Waals surface area contributed by atoms with Crippen LogP contribution in [0.15, 0.2) is 40.5 Å². The molecule has 0 saturated carbocycles. The second-order valence-electron chi connectivity index (χ2n) is 10.8. The first kappa shape index (κ1) is 21.5. The summed E-state index contributed by atoms with van der Waals surface area (Å²) in [6.07, 6.45) is 10.4. The SMILES string of the molecule is CCC(C)[C]1([Hf]([CH3])([CH3])[C]2(C)C(C)=C(C)C(C)=C2C)C=Cc2cc3c(cc21)CCC3. The fraction of sp³-hybridized carbons (Fsp3) is 0.571. The molecule has 0 aromatic heterocycles. The third-order valence-electron chi connectivity index (χ3n) is 10.1. The molecule has 1 aromatic carbocycles. The van der Waals surface area contributed by atoms with Crippen LogP contribution in [-0.2, 0) is 36.0 Å². The van der Waals surface area contributed by atoms with Gasteiger partial charge >= 0.3 is 185 Å². The van der Waals surface area contributed by atoms with Gasteiger partial charge in [0.1, 0.15) is 0 Å². The molecule has 156 valence electrons. The van der Waals surface area contributed by atoms with Crippen LogP contribution in [-0.4, -0.2) is 0 Å². The van der Waals surface area contributed by atoms with Gasteiger partial charge in [-0.1, -0.05) is 0 Å². The molecule has 0 saturated heterocycles. The number of hydrogen-bond donors (Lipinski definition) is 0. The van der Waals surface area contributed by atoms with Gasteiger partial charge in [-0.05, 0) is 0 Å². The zero-order chi connectivity index (χ0) is 21.4. The molecule has 0 fully saturated rings. The van der Waals surface area contributed by atoms with E-state index in [1.165, 1.54) is 31.2 Å². The molecule has 0 nitrogen and oxygen atoms in total. The number of benzene rings is 1. The summed E-state index contributed by atoms with van der Waals surface area (Å²) >= 11 is -3.07.